The van der Waals surface area contributed by atoms with Crippen LogP contribution >= 0.6 is 0 Å². The molecule has 3 rings (SSSR count). The smallest absolute Gasteiger partial charge is 0.338 e. The van der Waals surface area contributed by atoms with Crippen LogP contribution in [0.4, 0.5) is 0 Å². The molecule has 0 saturated carbocycles. The van der Waals surface area contributed by atoms with Crippen molar-refractivity contribution in [3.05, 3.63) is 61.6 Å². The van der Waals surface area contributed by atoms with E-state index in [0.717, 1.165) is 30.4 Å². The van der Waals surface area contributed by atoms with Gasteiger partial charge in [-0.15, -0.1) is 0 Å². The number of nitrogens with one attached hydrogen (secondary N) is 1. The molecule has 0 aliphatic heterocycles. The SMILES string of the molecule is CCCCn1c(=O)[nH]c(=O)c2c1nc(COC(=O)c1cc(C)cc(C)c1)n2CCC. The molecule has 2 heterocycles. The Hall–Kier alpha value is -3.16. The summed E-state index contributed by atoms with van der Waals surface area (Å²) in [5.41, 5.74) is 2.16. The Labute approximate surface area is 174 Å². The Morgan fingerprint density at radius 1 is 1.03 bits per heavy atom. The predicted molar refractivity (Wildman–Crippen MR) is 115 cm³/mol. The number of carbonyl (C=O) groups excluding carboxylic acids is 1. The van der Waals surface area contributed by atoms with Crippen LogP contribution in [0.3, 0.4) is 0 Å². The van der Waals surface area contributed by atoms with Crippen molar-refractivity contribution in [3.8, 4) is 0 Å². The van der Waals surface area contributed by atoms with E-state index in [1.54, 1.807) is 16.7 Å². The van der Waals surface area contributed by atoms with Crippen LogP contribution in [0.25, 0.3) is 11.2 Å². The summed E-state index contributed by atoms with van der Waals surface area (Å²) in [5.74, 6) is 0.000103. The van der Waals surface area contributed by atoms with Gasteiger partial charge < -0.3 is 9.30 Å². The van der Waals surface area contributed by atoms with E-state index in [1.165, 1.54) is 4.57 Å². The Morgan fingerprint density at radius 3 is 2.37 bits per heavy atom. The number of aromatic nitrogens is 4. The first-order chi connectivity index (χ1) is 14.3. The fourth-order valence-electron chi connectivity index (χ4n) is 3.62. The zero-order chi connectivity index (χ0) is 21.8. The van der Waals surface area contributed by atoms with E-state index in [9.17, 15) is 14.4 Å². The van der Waals surface area contributed by atoms with Crippen LogP contribution in [-0.4, -0.2) is 25.1 Å². The van der Waals surface area contributed by atoms with Gasteiger partial charge in [0.05, 0.1) is 5.56 Å². The molecule has 0 unspecified atom stereocenters. The van der Waals surface area contributed by atoms with Gasteiger partial charge in [0.2, 0.25) is 0 Å². The summed E-state index contributed by atoms with van der Waals surface area (Å²) < 4.78 is 8.74. The highest BCUT2D eigenvalue weighted by Gasteiger charge is 2.19. The van der Waals surface area contributed by atoms with Crippen molar-refractivity contribution in [1.82, 2.24) is 19.1 Å². The van der Waals surface area contributed by atoms with Crippen molar-refractivity contribution < 1.29 is 9.53 Å². The fourth-order valence-corrected chi connectivity index (χ4v) is 3.62. The second-order valence-electron chi connectivity index (χ2n) is 7.57. The number of rotatable bonds is 8. The fraction of sp³-hybridized carbons (Fsp3) is 0.455. The molecule has 0 saturated heterocycles. The second-order valence-corrected chi connectivity index (χ2v) is 7.57. The molecule has 2 aromatic heterocycles. The van der Waals surface area contributed by atoms with E-state index in [2.05, 4.69) is 9.97 Å². The minimum absolute atomic E-state index is 0.0814. The number of unbranched alkanes of at least 4 members (excludes halogenated alkanes) is 1. The lowest BCUT2D eigenvalue weighted by molar-refractivity contribution is 0.0458. The van der Waals surface area contributed by atoms with E-state index in [0.29, 0.717) is 35.6 Å². The number of esters is 1. The Bertz CT molecular complexity index is 1170. The lowest BCUT2D eigenvalue weighted by Crippen LogP contribution is -2.31. The number of H-pyrrole nitrogens is 1. The highest BCUT2D eigenvalue weighted by atomic mass is 16.5. The third-order valence-corrected chi connectivity index (χ3v) is 4.94. The highest BCUT2D eigenvalue weighted by molar-refractivity contribution is 5.89. The van der Waals surface area contributed by atoms with Gasteiger partial charge in [-0.1, -0.05) is 37.5 Å². The number of benzene rings is 1. The molecule has 0 bridgehead atoms. The minimum atomic E-state index is -0.476. The van der Waals surface area contributed by atoms with Gasteiger partial charge in [0.15, 0.2) is 11.2 Å². The van der Waals surface area contributed by atoms with Gasteiger partial charge in [-0.25, -0.2) is 14.6 Å². The number of nitrogens with zero attached hydrogens (tertiary/aromatic N) is 3. The maximum absolute atomic E-state index is 12.6. The maximum atomic E-state index is 12.6. The van der Waals surface area contributed by atoms with Gasteiger partial charge in [0.25, 0.3) is 5.56 Å². The number of imidazole rings is 1. The molecule has 0 aliphatic rings. The van der Waals surface area contributed by atoms with Crippen LogP contribution in [0.15, 0.2) is 27.8 Å². The first-order valence-corrected chi connectivity index (χ1v) is 10.3. The van der Waals surface area contributed by atoms with E-state index in [-0.39, 0.29) is 6.61 Å². The van der Waals surface area contributed by atoms with Crippen LogP contribution in [-0.2, 0) is 24.4 Å². The quantitative estimate of drug-likeness (QED) is 0.573. The number of aromatic amines is 1. The molecule has 8 nitrogen and oxygen atoms in total. The molecule has 0 amide bonds. The van der Waals surface area contributed by atoms with Crippen molar-refractivity contribution in [3.63, 3.8) is 0 Å². The first kappa shape index (κ1) is 21.5. The number of ether oxygens (including phenoxy) is 1. The monoisotopic (exact) mass is 412 g/mol. The molecule has 160 valence electrons. The van der Waals surface area contributed by atoms with Crippen molar-refractivity contribution in [2.45, 2.75) is 66.7 Å². The van der Waals surface area contributed by atoms with Gasteiger partial charge in [-0.05, 0) is 38.8 Å². The summed E-state index contributed by atoms with van der Waals surface area (Å²) in [6.07, 6.45) is 2.46. The van der Waals surface area contributed by atoms with Crippen LogP contribution in [0.5, 0.6) is 0 Å². The first-order valence-electron chi connectivity index (χ1n) is 10.3. The average Bonchev–Trinajstić information content (AvgIpc) is 3.04. The van der Waals surface area contributed by atoms with Crippen LogP contribution in [0, 0.1) is 13.8 Å². The summed E-state index contributed by atoms with van der Waals surface area (Å²) in [6.45, 7) is 8.77. The molecule has 1 N–H and O–H groups in total. The second kappa shape index (κ2) is 9.11. The largest absolute Gasteiger partial charge is 0.454 e. The number of carbonyl (C=O) groups is 1. The summed E-state index contributed by atoms with van der Waals surface area (Å²) in [6, 6.07) is 5.54. The molecular formula is C22H28N4O4. The van der Waals surface area contributed by atoms with Gasteiger partial charge in [0.1, 0.15) is 12.4 Å². The van der Waals surface area contributed by atoms with E-state index in [1.807, 2.05) is 33.8 Å². The van der Waals surface area contributed by atoms with Gasteiger partial charge >= 0.3 is 11.7 Å². The summed E-state index contributed by atoms with van der Waals surface area (Å²) in [5, 5.41) is 0. The summed E-state index contributed by atoms with van der Waals surface area (Å²) in [7, 11) is 0. The van der Waals surface area contributed by atoms with Gasteiger partial charge in [-0.3, -0.25) is 14.3 Å². The Balaban J connectivity index is 1.99. The molecule has 0 fully saturated rings. The van der Waals surface area contributed by atoms with Crippen LogP contribution in [0.1, 0.15) is 60.4 Å². The van der Waals surface area contributed by atoms with Crippen molar-refractivity contribution in [1.29, 1.82) is 0 Å². The highest BCUT2D eigenvalue weighted by Crippen LogP contribution is 2.16. The predicted octanol–water partition coefficient (Wildman–Crippen LogP) is 3.07. The lowest BCUT2D eigenvalue weighted by atomic mass is 10.1. The van der Waals surface area contributed by atoms with Gasteiger partial charge in [0, 0.05) is 13.1 Å². The van der Waals surface area contributed by atoms with Crippen molar-refractivity contribution in [2.75, 3.05) is 0 Å². The topological polar surface area (TPSA) is 99.0 Å². The Morgan fingerprint density at radius 2 is 1.73 bits per heavy atom. The zero-order valence-corrected chi connectivity index (χ0v) is 17.9. The molecular weight excluding hydrogens is 384 g/mol. The molecule has 1 aromatic carbocycles. The molecule has 3 aromatic rings. The van der Waals surface area contributed by atoms with E-state index < -0.39 is 17.2 Å². The maximum Gasteiger partial charge on any atom is 0.338 e. The number of hydrogen-bond donors (Lipinski definition) is 1. The average molecular weight is 412 g/mol. The van der Waals surface area contributed by atoms with E-state index >= 15 is 0 Å². The minimum Gasteiger partial charge on any atom is -0.454 e. The van der Waals surface area contributed by atoms with Gasteiger partial charge in [-0.2, -0.15) is 0 Å². The number of hydrogen-bond acceptors (Lipinski definition) is 5. The summed E-state index contributed by atoms with van der Waals surface area (Å²) in [4.78, 5) is 44.3. The van der Waals surface area contributed by atoms with Crippen LogP contribution < -0.4 is 11.2 Å². The molecule has 8 heteroatoms. The molecule has 0 aliphatic carbocycles. The third-order valence-electron chi connectivity index (χ3n) is 4.94. The lowest BCUT2D eigenvalue weighted by Gasteiger charge is -2.09. The van der Waals surface area contributed by atoms with Crippen LogP contribution in [0.2, 0.25) is 0 Å². The zero-order valence-electron chi connectivity index (χ0n) is 17.9. The van der Waals surface area contributed by atoms with Crippen molar-refractivity contribution in [2.24, 2.45) is 0 Å². The molecule has 0 spiro atoms. The number of fused-ring (bicyclic) bond motifs is 1. The van der Waals surface area contributed by atoms with E-state index in [4.69, 9.17) is 4.74 Å². The Kier molecular flexibility index (Phi) is 6.54. The third kappa shape index (κ3) is 4.37. The summed E-state index contributed by atoms with van der Waals surface area (Å²) >= 11 is 0. The standard InChI is InChI=1S/C22H28N4O4/c1-5-7-9-26-19-18(20(27)24-22(26)29)25(8-6-2)17(23-19)13-30-21(28)16-11-14(3)10-15(4)12-16/h10-12H,5-9,13H2,1-4H3,(H,24,27,29). The normalized spacial score (nSPS) is 11.2. The number of aryl methyl sites for hydroxylation is 4. The molecule has 0 radical (unpaired) electrons. The van der Waals surface area contributed by atoms with Crippen molar-refractivity contribution >= 4 is 17.1 Å². The molecule has 0 atom stereocenters. The molecule has 30 heavy (non-hydrogen) atoms.